The number of carbonyl (C=O) groups excluding carboxylic acids is 2. The van der Waals surface area contributed by atoms with Crippen LogP contribution in [0.25, 0.3) is 0 Å². The van der Waals surface area contributed by atoms with Crippen LogP contribution in [0.2, 0.25) is 0 Å². The molecule has 4 heteroatoms. The van der Waals surface area contributed by atoms with Gasteiger partial charge in [0.1, 0.15) is 6.04 Å². The van der Waals surface area contributed by atoms with E-state index in [1.54, 1.807) is 6.92 Å². The number of hydrogen-bond donors (Lipinski definition) is 2. The Morgan fingerprint density at radius 2 is 1.62 bits per heavy atom. The monoisotopic (exact) mass is 224 g/mol. The second-order valence-corrected chi connectivity index (χ2v) is 4.94. The van der Waals surface area contributed by atoms with Crippen LogP contribution in [0.4, 0.5) is 0 Å². The number of carbonyl (C=O) groups is 2. The maximum Gasteiger partial charge on any atom is 0.242 e. The Labute approximate surface area is 96.2 Å². The first kappa shape index (κ1) is 11.4. The van der Waals surface area contributed by atoms with E-state index in [2.05, 4.69) is 10.6 Å². The van der Waals surface area contributed by atoms with Gasteiger partial charge in [-0.25, -0.2) is 0 Å². The summed E-state index contributed by atoms with van der Waals surface area (Å²) >= 11 is 0. The van der Waals surface area contributed by atoms with Gasteiger partial charge in [0, 0.05) is 6.04 Å². The zero-order valence-electron chi connectivity index (χ0n) is 9.79. The minimum absolute atomic E-state index is 0.0193. The molecule has 1 aliphatic heterocycles. The van der Waals surface area contributed by atoms with Gasteiger partial charge >= 0.3 is 0 Å². The van der Waals surface area contributed by atoms with Crippen molar-refractivity contribution >= 4 is 11.8 Å². The summed E-state index contributed by atoms with van der Waals surface area (Å²) in [6, 6.07) is -0.335. The molecule has 2 rings (SSSR count). The molecule has 0 bridgehead atoms. The Bertz CT molecular complexity index is 291. The second-order valence-electron chi connectivity index (χ2n) is 4.94. The summed E-state index contributed by atoms with van der Waals surface area (Å²) in [5.74, 6) is -0.00614. The number of hydrogen-bond acceptors (Lipinski definition) is 2. The first-order valence-corrected chi connectivity index (χ1v) is 6.29. The third kappa shape index (κ3) is 2.36. The van der Waals surface area contributed by atoms with Crippen LogP contribution in [0.15, 0.2) is 0 Å². The normalized spacial score (nSPS) is 36.2. The zero-order valence-corrected chi connectivity index (χ0v) is 9.79. The third-order valence-corrected chi connectivity index (χ3v) is 3.68. The SMILES string of the molecule is C[C@@H]1NC(=O)C2CCCCCCC2NC1=O. The molecule has 4 nitrogen and oxygen atoms in total. The fourth-order valence-corrected chi connectivity index (χ4v) is 2.66. The molecule has 0 aromatic carbocycles. The van der Waals surface area contributed by atoms with E-state index in [0.717, 1.165) is 25.7 Å². The molecule has 16 heavy (non-hydrogen) atoms. The van der Waals surface area contributed by atoms with E-state index in [-0.39, 0.29) is 29.8 Å². The molecule has 1 saturated carbocycles. The summed E-state index contributed by atoms with van der Waals surface area (Å²) < 4.78 is 0. The Kier molecular flexibility index (Phi) is 3.46. The molecule has 2 amide bonds. The first-order valence-electron chi connectivity index (χ1n) is 6.29. The highest BCUT2D eigenvalue weighted by Gasteiger charge is 2.35. The average Bonchev–Trinajstić information content (AvgIpc) is 2.29. The van der Waals surface area contributed by atoms with Crippen molar-refractivity contribution in [2.24, 2.45) is 5.92 Å². The molecule has 0 radical (unpaired) electrons. The topological polar surface area (TPSA) is 58.2 Å². The number of nitrogens with one attached hydrogen (secondary N) is 2. The van der Waals surface area contributed by atoms with Gasteiger partial charge in [-0.1, -0.05) is 25.7 Å². The van der Waals surface area contributed by atoms with Crippen LogP contribution in [-0.4, -0.2) is 23.9 Å². The highest BCUT2D eigenvalue weighted by molar-refractivity contribution is 5.91. The molecule has 3 atom stereocenters. The molecule has 1 heterocycles. The van der Waals surface area contributed by atoms with Gasteiger partial charge in [-0.3, -0.25) is 9.59 Å². The molecule has 0 spiro atoms. The van der Waals surface area contributed by atoms with Crippen molar-refractivity contribution < 1.29 is 9.59 Å². The molecule has 2 fully saturated rings. The fraction of sp³-hybridized carbons (Fsp3) is 0.833. The fourth-order valence-electron chi connectivity index (χ4n) is 2.66. The lowest BCUT2D eigenvalue weighted by atomic mass is 9.86. The van der Waals surface area contributed by atoms with Crippen LogP contribution in [0, 0.1) is 5.92 Å². The van der Waals surface area contributed by atoms with Crippen molar-refractivity contribution in [3.05, 3.63) is 0 Å². The molecule has 0 aromatic rings. The predicted octanol–water partition coefficient (Wildman–Crippen LogP) is 0.960. The van der Waals surface area contributed by atoms with Crippen molar-refractivity contribution in [2.75, 3.05) is 0 Å². The molecule has 90 valence electrons. The van der Waals surface area contributed by atoms with Gasteiger partial charge in [-0.2, -0.15) is 0 Å². The van der Waals surface area contributed by atoms with E-state index < -0.39 is 0 Å². The largest absolute Gasteiger partial charge is 0.351 e. The van der Waals surface area contributed by atoms with E-state index in [1.807, 2.05) is 0 Å². The van der Waals surface area contributed by atoms with Crippen molar-refractivity contribution in [1.29, 1.82) is 0 Å². The molecule has 2 unspecified atom stereocenters. The maximum atomic E-state index is 12.0. The van der Waals surface area contributed by atoms with E-state index in [9.17, 15) is 9.59 Å². The van der Waals surface area contributed by atoms with Crippen LogP contribution in [0.1, 0.15) is 45.4 Å². The Morgan fingerprint density at radius 1 is 0.938 bits per heavy atom. The summed E-state index contributed by atoms with van der Waals surface area (Å²) in [7, 11) is 0. The predicted molar refractivity (Wildman–Crippen MR) is 60.7 cm³/mol. The number of amides is 2. The van der Waals surface area contributed by atoms with Crippen LogP contribution in [0.3, 0.4) is 0 Å². The van der Waals surface area contributed by atoms with E-state index >= 15 is 0 Å². The Balaban J connectivity index is 2.14. The molecule has 2 aliphatic rings. The average molecular weight is 224 g/mol. The van der Waals surface area contributed by atoms with Gasteiger partial charge < -0.3 is 10.6 Å². The van der Waals surface area contributed by atoms with Crippen LogP contribution in [0.5, 0.6) is 0 Å². The van der Waals surface area contributed by atoms with Crippen molar-refractivity contribution in [2.45, 2.75) is 57.5 Å². The summed E-state index contributed by atoms with van der Waals surface area (Å²) in [5, 5.41) is 5.79. The van der Waals surface area contributed by atoms with Crippen LogP contribution < -0.4 is 10.6 Å². The maximum absolute atomic E-state index is 12.0. The first-order chi connectivity index (χ1) is 7.68. The summed E-state index contributed by atoms with van der Waals surface area (Å²) in [4.78, 5) is 23.7. The molecule has 1 aliphatic carbocycles. The summed E-state index contributed by atoms with van der Waals surface area (Å²) in [6.07, 6.45) is 6.48. The number of fused-ring (bicyclic) bond motifs is 1. The number of rotatable bonds is 0. The molecule has 1 saturated heterocycles. The minimum Gasteiger partial charge on any atom is -0.351 e. The summed E-state index contributed by atoms with van der Waals surface area (Å²) in [5.41, 5.74) is 0. The van der Waals surface area contributed by atoms with Gasteiger partial charge in [0.2, 0.25) is 11.8 Å². The lowest BCUT2D eigenvalue weighted by molar-refractivity contribution is -0.127. The summed E-state index contributed by atoms with van der Waals surface area (Å²) in [6.45, 7) is 1.74. The third-order valence-electron chi connectivity index (χ3n) is 3.68. The minimum atomic E-state index is -0.388. The van der Waals surface area contributed by atoms with Crippen LogP contribution in [-0.2, 0) is 9.59 Å². The van der Waals surface area contributed by atoms with Crippen LogP contribution >= 0.6 is 0 Å². The van der Waals surface area contributed by atoms with E-state index in [1.165, 1.54) is 12.8 Å². The molecule has 0 aromatic heterocycles. The molecule has 2 N–H and O–H groups in total. The van der Waals surface area contributed by atoms with Gasteiger partial charge in [0.05, 0.1) is 5.92 Å². The Hall–Kier alpha value is -1.06. The second kappa shape index (κ2) is 4.85. The van der Waals surface area contributed by atoms with Gasteiger partial charge in [0.25, 0.3) is 0 Å². The molecular weight excluding hydrogens is 204 g/mol. The van der Waals surface area contributed by atoms with Crippen molar-refractivity contribution in [1.82, 2.24) is 10.6 Å². The van der Waals surface area contributed by atoms with Gasteiger partial charge in [0.15, 0.2) is 0 Å². The molecular formula is C12H20N2O2. The quantitative estimate of drug-likeness (QED) is 0.644. The highest BCUT2D eigenvalue weighted by Crippen LogP contribution is 2.24. The lowest BCUT2D eigenvalue weighted by Gasteiger charge is -2.26. The zero-order chi connectivity index (χ0) is 11.5. The van der Waals surface area contributed by atoms with Crippen molar-refractivity contribution in [3.63, 3.8) is 0 Å². The van der Waals surface area contributed by atoms with Gasteiger partial charge in [-0.05, 0) is 19.8 Å². The smallest absolute Gasteiger partial charge is 0.242 e. The Morgan fingerprint density at radius 3 is 2.38 bits per heavy atom. The highest BCUT2D eigenvalue weighted by atomic mass is 16.2. The van der Waals surface area contributed by atoms with Gasteiger partial charge in [-0.15, -0.1) is 0 Å². The van der Waals surface area contributed by atoms with E-state index in [4.69, 9.17) is 0 Å². The van der Waals surface area contributed by atoms with Crippen molar-refractivity contribution in [3.8, 4) is 0 Å². The van der Waals surface area contributed by atoms with E-state index in [0.29, 0.717) is 0 Å². The lowest BCUT2D eigenvalue weighted by Crippen LogP contribution is -2.42. The standard InChI is InChI=1S/C12H20N2O2/c1-8-11(15)14-10-7-5-3-2-4-6-9(10)12(16)13-8/h8-10H,2-7H2,1H3,(H,13,16)(H,14,15)/t8-,9?,10?/m0/s1.